The lowest BCUT2D eigenvalue weighted by Gasteiger charge is -2.22. The minimum Gasteiger partial charge on any atom is -0.218 e. The van der Waals surface area contributed by atoms with Gasteiger partial charge in [0, 0.05) is 11.6 Å². The molecule has 2 aliphatic heterocycles. The summed E-state index contributed by atoms with van der Waals surface area (Å²) in [6, 6.07) is 0.525. The third-order valence-electron chi connectivity index (χ3n) is 4.87. The Morgan fingerprint density at radius 3 is 2.89 bits per heavy atom. The van der Waals surface area contributed by atoms with Crippen LogP contribution in [0.2, 0.25) is 0 Å². The highest BCUT2D eigenvalue weighted by Gasteiger charge is 2.41. The monoisotopic (exact) mass is 250 g/mol. The summed E-state index contributed by atoms with van der Waals surface area (Å²) >= 11 is 0. The van der Waals surface area contributed by atoms with E-state index in [1.807, 2.05) is 0 Å². The van der Waals surface area contributed by atoms with Crippen molar-refractivity contribution in [2.24, 2.45) is 11.8 Å². The van der Waals surface area contributed by atoms with Crippen molar-refractivity contribution in [2.75, 3.05) is 6.54 Å². The third-order valence-corrected chi connectivity index (χ3v) is 4.87. The summed E-state index contributed by atoms with van der Waals surface area (Å²) in [7, 11) is 0. The number of hydrogen-bond acceptors (Lipinski definition) is 0. The van der Waals surface area contributed by atoms with E-state index in [0.29, 0.717) is 17.9 Å². The molecule has 0 amide bonds. The van der Waals surface area contributed by atoms with Crippen molar-refractivity contribution in [3.63, 3.8) is 0 Å². The number of allylic oxidation sites excluding steroid dienone is 6. The van der Waals surface area contributed by atoms with Crippen LogP contribution in [0, 0.1) is 11.8 Å². The molecule has 3 unspecified atom stereocenters. The Labute approximate surface area is 115 Å². The molecule has 0 aromatic rings. The lowest BCUT2D eigenvalue weighted by atomic mass is 9.84. The summed E-state index contributed by atoms with van der Waals surface area (Å²) in [6.45, 7) is 5.77. The van der Waals surface area contributed by atoms with E-state index in [2.05, 4.69) is 61.0 Å². The minimum absolute atomic E-state index is 0.525. The van der Waals surface area contributed by atoms with Gasteiger partial charge in [-0.25, -0.2) is 4.58 Å². The highest BCUT2D eigenvalue weighted by molar-refractivity contribution is 6.09. The lowest BCUT2D eigenvalue weighted by Crippen LogP contribution is -2.36. The molecule has 3 atom stereocenters. The predicted molar refractivity (Wildman–Crippen MR) is 79.4 cm³/mol. The van der Waals surface area contributed by atoms with Crippen molar-refractivity contribution < 1.29 is 4.58 Å². The van der Waals surface area contributed by atoms with Gasteiger partial charge in [0.1, 0.15) is 0 Å². The zero-order valence-electron chi connectivity index (χ0n) is 11.6. The topological polar surface area (TPSA) is 3.01 Å². The Balaban J connectivity index is 1.79. The molecule has 4 rings (SSSR count). The molecule has 2 heterocycles. The summed E-state index contributed by atoms with van der Waals surface area (Å²) < 4.78 is 2.60. The number of fused-ring (bicyclic) bond motifs is 3. The maximum atomic E-state index is 2.60. The smallest absolute Gasteiger partial charge is 0.207 e. The van der Waals surface area contributed by atoms with E-state index in [1.165, 1.54) is 23.3 Å². The molecular formula is C18H20N+. The molecule has 0 aromatic heterocycles. The van der Waals surface area contributed by atoms with Gasteiger partial charge in [-0.15, -0.1) is 0 Å². The first-order valence-electron chi connectivity index (χ1n) is 7.31. The maximum absolute atomic E-state index is 2.60. The zero-order chi connectivity index (χ0) is 13.0. The largest absolute Gasteiger partial charge is 0.218 e. The van der Waals surface area contributed by atoms with Crippen molar-refractivity contribution in [3.05, 3.63) is 59.3 Å². The van der Waals surface area contributed by atoms with Crippen LogP contribution in [0.1, 0.15) is 20.3 Å². The van der Waals surface area contributed by atoms with Crippen molar-refractivity contribution in [3.8, 4) is 0 Å². The molecule has 2 aliphatic carbocycles. The second-order valence-electron chi connectivity index (χ2n) is 6.24. The highest BCUT2D eigenvalue weighted by atomic mass is 15.1. The molecule has 4 aliphatic rings. The van der Waals surface area contributed by atoms with E-state index in [9.17, 15) is 0 Å². The van der Waals surface area contributed by atoms with E-state index >= 15 is 0 Å². The summed E-state index contributed by atoms with van der Waals surface area (Å²) in [5.41, 5.74) is 6.13. The lowest BCUT2D eigenvalue weighted by molar-refractivity contribution is -0.549. The van der Waals surface area contributed by atoms with Gasteiger partial charge in [0.2, 0.25) is 5.71 Å². The second kappa shape index (κ2) is 3.93. The summed E-state index contributed by atoms with van der Waals surface area (Å²) in [6.07, 6.45) is 17.4. The molecule has 96 valence electrons. The van der Waals surface area contributed by atoms with Crippen molar-refractivity contribution >= 4 is 5.71 Å². The predicted octanol–water partition coefficient (Wildman–Crippen LogP) is 3.42. The van der Waals surface area contributed by atoms with E-state index < -0.39 is 0 Å². The van der Waals surface area contributed by atoms with Crippen LogP contribution in [-0.2, 0) is 0 Å². The van der Waals surface area contributed by atoms with Crippen LogP contribution in [0.25, 0.3) is 0 Å². The van der Waals surface area contributed by atoms with Crippen molar-refractivity contribution in [1.29, 1.82) is 0 Å². The summed E-state index contributed by atoms with van der Waals surface area (Å²) in [5, 5.41) is 0. The Morgan fingerprint density at radius 1 is 1.16 bits per heavy atom. The maximum Gasteiger partial charge on any atom is 0.207 e. The van der Waals surface area contributed by atoms with Crippen LogP contribution >= 0.6 is 0 Å². The number of hydrogen-bond donors (Lipinski definition) is 0. The molecule has 0 bridgehead atoms. The van der Waals surface area contributed by atoms with Gasteiger partial charge in [-0.2, -0.15) is 0 Å². The van der Waals surface area contributed by atoms with Crippen molar-refractivity contribution in [1.82, 2.24) is 0 Å². The summed E-state index contributed by atoms with van der Waals surface area (Å²) in [5.74, 6) is 1.25. The van der Waals surface area contributed by atoms with Crippen LogP contribution in [-0.4, -0.2) is 22.9 Å². The first-order chi connectivity index (χ1) is 9.24. The standard InChI is InChI=1S/C18H20N/c1-12-9-13(2)16-11-19-17-6-4-3-5-14(17)7-8-18(19)15(16)10-12/h3-8,10,13-14,17H,9,11H2,1-2H3/q+1. The first-order valence-corrected chi connectivity index (χ1v) is 7.31. The van der Waals surface area contributed by atoms with Crippen LogP contribution in [0.4, 0.5) is 0 Å². The van der Waals surface area contributed by atoms with Crippen LogP contribution in [0.15, 0.2) is 59.3 Å². The van der Waals surface area contributed by atoms with Crippen LogP contribution in [0.3, 0.4) is 0 Å². The van der Waals surface area contributed by atoms with Gasteiger partial charge in [0.25, 0.3) is 0 Å². The van der Waals surface area contributed by atoms with Gasteiger partial charge in [0.15, 0.2) is 12.6 Å². The Morgan fingerprint density at radius 2 is 2.00 bits per heavy atom. The minimum atomic E-state index is 0.525. The van der Waals surface area contributed by atoms with Gasteiger partial charge in [0.05, 0.1) is 11.5 Å². The normalized spacial score (nSPS) is 35.3. The molecule has 1 nitrogen and oxygen atoms in total. The Kier molecular flexibility index (Phi) is 2.32. The SMILES string of the molecule is CC1=CC2=C(C[N+]3=C2C=CC2C=CC=CC23)C(C)C1. The highest BCUT2D eigenvalue weighted by Crippen LogP contribution is 2.37. The van der Waals surface area contributed by atoms with E-state index in [-0.39, 0.29) is 0 Å². The zero-order valence-corrected chi connectivity index (χ0v) is 11.6. The number of rotatable bonds is 0. The molecule has 1 heteroatoms. The quantitative estimate of drug-likeness (QED) is 0.580. The fraction of sp³-hybridized carbons (Fsp3) is 0.389. The molecular weight excluding hydrogens is 230 g/mol. The molecule has 0 N–H and O–H groups in total. The average Bonchev–Trinajstić information content (AvgIpc) is 2.78. The van der Waals surface area contributed by atoms with Crippen molar-refractivity contribution in [2.45, 2.75) is 26.3 Å². The Hall–Kier alpha value is -1.63. The van der Waals surface area contributed by atoms with Gasteiger partial charge in [-0.3, -0.25) is 0 Å². The van der Waals surface area contributed by atoms with E-state index in [4.69, 9.17) is 0 Å². The fourth-order valence-electron chi connectivity index (χ4n) is 3.93. The van der Waals surface area contributed by atoms with Gasteiger partial charge in [-0.1, -0.05) is 36.8 Å². The fourth-order valence-corrected chi connectivity index (χ4v) is 3.93. The summed E-state index contributed by atoms with van der Waals surface area (Å²) in [4.78, 5) is 0. The van der Waals surface area contributed by atoms with Crippen LogP contribution in [0.5, 0.6) is 0 Å². The molecule has 19 heavy (non-hydrogen) atoms. The molecule has 0 spiro atoms. The van der Waals surface area contributed by atoms with Gasteiger partial charge in [-0.05, 0) is 31.4 Å². The molecule has 0 fully saturated rings. The van der Waals surface area contributed by atoms with E-state index in [1.54, 1.807) is 5.57 Å². The molecule has 0 saturated carbocycles. The molecule has 0 saturated heterocycles. The average molecular weight is 250 g/mol. The molecule has 0 radical (unpaired) electrons. The van der Waals surface area contributed by atoms with Gasteiger partial charge >= 0.3 is 0 Å². The number of nitrogens with zero attached hydrogens (tertiary/aromatic N) is 1. The van der Waals surface area contributed by atoms with E-state index in [0.717, 1.165) is 6.54 Å². The second-order valence-corrected chi connectivity index (χ2v) is 6.24. The molecule has 0 aromatic carbocycles. The third kappa shape index (κ3) is 1.57. The first kappa shape index (κ1) is 11.2. The van der Waals surface area contributed by atoms with Crippen LogP contribution < -0.4 is 0 Å². The Bertz CT molecular complexity index is 622. The van der Waals surface area contributed by atoms with Gasteiger partial charge < -0.3 is 0 Å².